The third kappa shape index (κ3) is 12.9. The number of ether oxygens (including phenoxy) is 2. The van der Waals surface area contributed by atoms with Crippen LogP contribution in [0.15, 0.2) is 58.7 Å². The van der Waals surface area contributed by atoms with Crippen LogP contribution < -0.4 is 20.3 Å². The number of nitrogens with one attached hydrogen (secondary N) is 2. The van der Waals surface area contributed by atoms with Crippen LogP contribution in [0.1, 0.15) is 93.2 Å². The Labute approximate surface area is 252 Å². The van der Waals surface area contributed by atoms with Gasteiger partial charge in [0.15, 0.2) is 13.2 Å². The fourth-order valence-corrected chi connectivity index (χ4v) is 5.51. The zero-order chi connectivity index (χ0) is 31.6. The number of nitrogens with zero attached hydrogens (tertiary/aromatic N) is 2. The van der Waals surface area contributed by atoms with Crippen LogP contribution >= 0.6 is 0 Å². The first-order valence-electron chi connectivity index (χ1n) is 14.5. The van der Waals surface area contributed by atoms with Crippen LogP contribution in [0.3, 0.4) is 0 Å². The fraction of sp³-hybridized carbons (Fsp3) is 0.529. The zero-order valence-corrected chi connectivity index (χ0v) is 27.1. The van der Waals surface area contributed by atoms with Gasteiger partial charge in [-0.25, -0.2) is 10.9 Å². The molecular formula is C34H50N4O4. The Morgan fingerprint density at radius 3 is 1.19 bits per heavy atom. The largest absolute Gasteiger partial charge is 0.484 e. The molecule has 2 N–H and O–H groups in total. The van der Waals surface area contributed by atoms with Crippen molar-refractivity contribution < 1.29 is 19.1 Å². The molecule has 0 aliphatic rings. The van der Waals surface area contributed by atoms with E-state index in [0.29, 0.717) is 11.5 Å². The van der Waals surface area contributed by atoms with Crippen LogP contribution in [0.2, 0.25) is 0 Å². The molecule has 0 fully saturated rings. The number of rotatable bonds is 13. The summed E-state index contributed by atoms with van der Waals surface area (Å²) in [7, 11) is 0. The molecular weight excluding hydrogens is 528 g/mol. The Morgan fingerprint density at radius 2 is 0.905 bits per heavy atom. The molecule has 230 valence electrons. The maximum Gasteiger partial charge on any atom is 0.277 e. The lowest BCUT2D eigenvalue weighted by molar-refractivity contribution is -0.123. The Kier molecular flexibility index (Phi) is 11.9. The van der Waals surface area contributed by atoms with Gasteiger partial charge in [0, 0.05) is 0 Å². The summed E-state index contributed by atoms with van der Waals surface area (Å²) in [6.07, 6.45) is 4.60. The summed E-state index contributed by atoms with van der Waals surface area (Å²) in [6, 6.07) is 15.7. The molecule has 0 aliphatic heterocycles. The molecule has 8 nitrogen and oxygen atoms in total. The smallest absolute Gasteiger partial charge is 0.277 e. The number of carbonyl (C=O) groups is 2. The average molecular weight is 579 g/mol. The summed E-state index contributed by atoms with van der Waals surface area (Å²) in [5.41, 5.74) is 7.67. The maximum atomic E-state index is 12.0. The molecule has 0 saturated carbocycles. The van der Waals surface area contributed by atoms with E-state index in [4.69, 9.17) is 9.47 Å². The van der Waals surface area contributed by atoms with E-state index in [1.54, 1.807) is 0 Å². The molecule has 42 heavy (non-hydrogen) atoms. The highest BCUT2D eigenvalue weighted by Gasteiger charge is 2.28. The predicted octanol–water partition coefficient (Wildman–Crippen LogP) is 6.78. The van der Waals surface area contributed by atoms with E-state index in [1.165, 1.54) is 23.6 Å². The number of benzene rings is 2. The highest BCUT2D eigenvalue weighted by atomic mass is 16.5. The molecule has 2 aromatic carbocycles. The zero-order valence-electron chi connectivity index (χ0n) is 27.1. The van der Waals surface area contributed by atoms with E-state index in [-0.39, 0.29) is 34.9 Å². The van der Waals surface area contributed by atoms with Gasteiger partial charge >= 0.3 is 0 Å². The number of hydrogen-bond donors (Lipinski definition) is 2. The first kappa shape index (κ1) is 34.5. The first-order chi connectivity index (χ1) is 19.4. The van der Waals surface area contributed by atoms with E-state index >= 15 is 0 Å². The molecule has 8 heteroatoms. The third-order valence-electron chi connectivity index (χ3n) is 6.55. The number of hydrogen-bond acceptors (Lipinski definition) is 6. The van der Waals surface area contributed by atoms with Gasteiger partial charge < -0.3 is 9.47 Å². The number of hydrazone groups is 2. The second kappa shape index (κ2) is 14.5. The van der Waals surface area contributed by atoms with Gasteiger partial charge in [-0.15, -0.1) is 0 Å². The molecule has 0 radical (unpaired) electrons. The summed E-state index contributed by atoms with van der Waals surface area (Å²) < 4.78 is 11.1. The highest BCUT2D eigenvalue weighted by molar-refractivity contribution is 6.16. The Hall–Kier alpha value is -3.68. The number of amides is 2. The van der Waals surface area contributed by atoms with Gasteiger partial charge in [0.1, 0.15) is 11.5 Å². The predicted molar refractivity (Wildman–Crippen MR) is 171 cm³/mol. The molecule has 0 saturated heterocycles. The van der Waals surface area contributed by atoms with Gasteiger partial charge in [-0.2, -0.15) is 10.2 Å². The van der Waals surface area contributed by atoms with Crippen molar-refractivity contribution in [1.82, 2.24) is 10.9 Å². The topological polar surface area (TPSA) is 101 Å². The van der Waals surface area contributed by atoms with Gasteiger partial charge in [0.25, 0.3) is 11.8 Å². The van der Waals surface area contributed by atoms with Gasteiger partial charge in [-0.3, -0.25) is 9.59 Å². The Balaban J connectivity index is 1.69. The third-order valence-corrected chi connectivity index (χ3v) is 6.55. The molecule has 0 heterocycles. The SMILES string of the molecule is CC(C)(C)CC(C)(C)c1ccc(OCC(=O)NN=CC=NNC(=O)COc2ccc(C(C)(C)CC(C)(C)C)cc2)cc1. The van der Waals surface area contributed by atoms with Crippen molar-refractivity contribution in [3.8, 4) is 11.5 Å². The van der Waals surface area contributed by atoms with Crippen molar-refractivity contribution in [2.24, 2.45) is 21.0 Å². The fourth-order valence-electron chi connectivity index (χ4n) is 5.51. The van der Waals surface area contributed by atoms with Crippen molar-refractivity contribution in [1.29, 1.82) is 0 Å². The van der Waals surface area contributed by atoms with Gasteiger partial charge in [-0.05, 0) is 69.9 Å². The quantitative estimate of drug-likeness (QED) is 0.202. The summed E-state index contributed by atoms with van der Waals surface area (Å²) in [6.45, 7) is 22.0. The Bertz CT molecular complexity index is 1120. The minimum absolute atomic E-state index is 0.0343. The van der Waals surface area contributed by atoms with E-state index in [0.717, 1.165) is 12.8 Å². The van der Waals surface area contributed by atoms with Gasteiger partial charge in [0.2, 0.25) is 0 Å². The van der Waals surface area contributed by atoms with Crippen molar-refractivity contribution >= 4 is 24.2 Å². The lowest BCUT2D eigenvalue weighted by atomic mass is 9.72. The molecule has 0 atom stereocenters. The molecule has 0 spiro atoms. The number of carbonyl (C=O) groups excluding carboxylic acids is 2. The molecule has 0 aromatic heterocycles. The van der Waals surface area contributed by atoms with Gasteiger partial charge in [-0.1, -0.05) is 93.5 Å². The van der Waals surface area contributed by atoms with E-state index in [1.807, 2.05) is 48.5 Å². The van der Waals surface area contributed by atoms with E-state index < -0.39 is 11.8 Å². The van der Waals surface area contributed by atoms with E-state index in [9.17, 15) is 9.59 Å². The molecule has 2 aromatic rings. The standard InChI is InChI=1S/C34H50N4O4/c1-31(2,3)23-33(7,8)25-11-15-27(16-12-25)41-21-29(39)37-35-19-20-36-38-30(40)22-42-28-17-13-26(14-18-28)34(9,10)24-32(4,5)6/h11-20H,21-24H2,1-10H3,(H,37,39)(H,38,40). The normalized spacial score (nSPS) is 12.9. The van der Waals surface area contributed by atoms with Crippen molar-refractivity contribution in [2.75, 3.05) is 13.2 Å². The lowest BCUT2D eigenvalue weighted by Crippen LogP contribution is -2.26. The molecule has 0 aliphatic carbocycles. The molecule has 2 amide bonds. The van der Waals surface area contributed by atoms with Crippen LogP contribution in [0.25, 0.3) is 0 Å². The summed E-state index contributed by atoms with van der Waals surface area (Å²) in [5.74, 6) is 0.386. The molecule has 2 rings (SSSR count). The molecule has 0 bridgehead atoms. The van der Waals surface area contributed by atoms with Gasteiger partial charge in [0.05, 0.1) is 12.4 Å². The van der Waals surface area contributed by atoms with Crippen LogP contribution in [0.4, 0.5) is 0 Å². The second-order valence-electron chi connectivity index (χ2n) is 14.5. The van der Waals surface area contributed by atoms with Crippen molar-refractivity contribution in [3.63, 3.8) is 0 Å². The summed E-state index contributed by atoms with van der Waals surface area (Å²) >= 11 is 0. The minimum Gasteiger partial charge on any atom is -0.484 e. The first-order valence-corrected chi connectivity index (χ1v) is 14.5. The summed E-state index contributed by atoms with van der Waals surface area (Å²) in [4.78, 5) is 24.0. The second-order valence-corrected chi connectivity index (χ2v) is 14.5. The Morgan fingerprint density at radius 1 is 0.595 bits per heavy atom. The molecule has 0 unspecified atom stereocenters. The highest BCUT2D eigenvalue weighted by Crippen LogP contribution is 2.37. The maximum absolute atomic E-state index is 12.0. The minimum atomic E-state index is -0.415. The monoisotopic (exact) mass is 578 g/mol. The average Bonchev–Trinajstić information content (AvgIpc) is 2.86. The van der Waals surface area contributed by atoms with Crippen LogP contribution in [0, 0.1) is 10.8 Å². The van der Waals surface area contributed by atoms with Crippen LogP contribution in [0.5, 0.6) is 11.5 Å². The van der Waals surface area contributed by atoms with Crippen molar-refractivity contribution in [3.05, 3.63) is 59.7 Å². The van der Waals surface area contributed by atoms with Crippen LogP contribution in [-0.4, -0.2) is 37.5 Å². The van der Waals surface area contributed by atoms with Crippen LogP contribution in [-0.2, 0) is 20.4 Å². The van der Waals surface area contributed by atoms with Crippen molar-refractivity contribution in [2.45, 2.75) is 92.9 Å². The summed E-state index contributed by atoms with van der Waals surface area (Å²) in [5, 5.41) is 7.54. The van der Waals surface area contributed by atoms with E-state index in [2.05, 4.69) is 90.3 Å². The lowest BCUT2D eigenvalue weighted by Gasteiger charge is -2.33.